The highest BCUT2D eigenvalue weighted by Gasteiger charge is 2.30. The summed E-state index contributed by atoms with van der Waals surface area (Å²) in [4.78, 5) is 2.59. The zero-order valence-electron chi connectivity index (χ0n) is 11.6. The Morgan fingerprint density at radius 2 is 1.71 bits per heavy atom. The lowest BCUT2D eigenvalue weighted by atomic mass is 9.82. The van der Waals surface area contributed by atoms with E-state index >= 15 is 0 Å². The highest BCUT2D eigenvalue weighted by molar-refractivity contribution is 4.85. The van der Waals surface area contributed by atoms with Gasteiger partial charge in [-0.1, -0.05) is 13.3 Å². The Kier molecular flexibility index (Phi) is 4.87. The molecule has 0 aliphatic heterocycles. The molecule has 2 nitrogen and oxygen atoms in total. The van der Waals surface area contributed by atoms with E-state index in [1.165, 1.54) is 44.9 Å². The van der Waals surface area contributed by atoms with E-state index in [2.05, 4.69) is 18.9 Å². The Morgan fingerprint density at radius 3 is 2.29 bits per heavy atom. The number of hydrogen-bond acceptors (Lipinski definition) is 2. The first-order valence-electron chi connectivity index (χ1n) is 7.60. The van der Waals surface area contributed by atoms with Crippen molar-refractivity contribution in [3.63, 3.8) is 0 Å². The van der Waals surface area contributed by atoms with Crippen LogP contribution in [-0.2, 0) is 0 Å². The third kappa shape index (κ3) is 3.45. The standard InChI is InChI=1S/C15H29NO/c1-3-12-7-9-13(10-8-12)16(2)14-5-4-6-15(17)11-14/h12-15,17H,3-11H2,1-2H3. The Hall–Kier alpha value is -0.0800. The van der Waals surface area contributed by atoms with E-state index < -0.39 is 0 Å². The number of aliphatic hydroxyl groups excluding tert-OH is 1. The van der Waals surface area contributed by atoms with Gasteiger partial charge in [-0.25, -0.2) is 0 Å². The molecule has 0 bridgehead atoms. The number of aliphatic hydroxyl groups is 1. The minimum Gasteiger partial charge on any atom is -0.393 e. The van der Waals surface area contributed by atoms with Gasteiger partial charge in [0.2, 0.25) is 0 Å². The van der Waals surface area contributed by atoms with Crippen molar-refractivity contribution in [1.82, 2.24) is 4.90 Å². The second-order valence-electron chi connectivity index (χ2n) is 6.22. The molecule has 2 fully saturated rings. The van der Waals surface area contributed by atoms with Crippen molar-refractivity contribution in [2.45, 2.75) is 82.9 Å². The Labute approximate surface area is 106 Å². The van der Waals surface area contributed by atoms with E-state index in [4.69, 9.17) is 0 Å². The molecule has 0 amide bonds. The average molecular weight is 239 g/mol. The van der Waals surface area contributed by atoms with Crippen molar-refractivity contribution in [3.05, 3.63) is 0 Å². The molecule has 17 heavy (non-hydrogen) atoms. The van der Waals surface area contributed by atoms with Crippen LogP contribution in [0.1, 0.15) is 64.7 Å². The summed E-state index contributed by atoms with van der Waals surface area (Å²) in [6.45, 7) is 2.33. The lowest BCUT2D eigenvalue weighted by molar-refractivity contribution is 0.0411. The van der Waals surface area contributed by atoms with Gasteiger partial charge in [-0.2, -0.15) is 0 Å². The maximum absolute atomic E-state index is 9.78. The van der Waals surface area contributed by atoms with Crippen molar-refractivity contribution < 1.29 is 5.11 Å². The van der Waals surface area contributed by atoms with Crippen LogP contribution in [0.2, 0.25) is 0 Å². The summed E-state index contributed by atoms with van der Waals surface area (Å²) in [7, 11) is 2.29. The van der Waals surface area contributed by atoms with Crippen LogP contribution in [0.5, 0.6) is 0 Å². The number of nitrogens with zero attached hydrogens (tertiary/aromatic N) is 1. The second kappa shape index (κ2) is 6.19. The van der Waals surface area contributed by atoms with Gasteiger partial charge in [0.15, 0.2) is 0 Å². The van der Waals surface area contributed by atoms with Crippen LogP contribution in [0.3, 0.4) is 0 Å². The molecular formula is C15H29NO. The summed E-state index contributed by atoms with van der Waals surface area (Å²) in [5, 5.41) is 9.78. The van der Waals surface area contributed by atoms with E-state index in [-0.39, 0.29) is 6.10 Å². The first-order valence-corrected chi connectivity index (χ1v) is 7.60. The quantitative estimate of drug-likeness (QED) is 0.817. The molecule has 2 aliphatic rings. The normalized spacial score (nSPS) is 39.5. The van der Waals surface area contributed by atoms with Crippen LogP contribution < -0.4 is 0 Å². The maximum Gasteiger partial charge on any atom is 0.0555 e. The van der Waals surface area contributed by atoms with Crippen molar-refractivity contribution in [2.24, 2.45) is 5.92 Å². The number of rotatable bonds is 3. The highest BCUT2D eigenvalue weighted by Crippen LogP contribution is 2.32. The minimum absolute atomic E-state index is 0.0387. The molecule has 2 rings (SSSR count). The monoisotopic (exact) mass is 239 g/mol. The molecule has 0 spiro atoms. The molecule has 2 saturated carbocycles. The van der Waals surface area contributed by atoms with Crippen LogP contribution >= 0.6 is 0 Å². The van der Waals surface area contributed by atoms with Gasteiger partial charge in [-0.3, -0.25) is 0 Å². The predicted molar refractivity (Wildman–Crippen MR) is 72.1 cm³/mol. The van der Waals surface area contributed by atoms with Crippen LogP contribution in [0.15, 0.2) is 0 Å². The Balaban J connectivity index is 1.81. The van der Waals surface area contributed by atoms with E-state index in [1.54, 1.807) is 0 Å². The Bertz CT molecular complexity index is 223. The molecule has 0 heterocycles. The summed E-state index contributed by atoms with van der Waals surface area (Å²) in [5.74, 6) is 0.983. The molecule has 100 valence electrons. The van der Waals surface area contributed by atoms with E-state index in [1.807, 2.05) is 0 Å². The fraction of sp³-hybridized carbons (Fsp3) is 1.00. The fourth-order valence-electron chi connectivity index (χ4n) is 3.77. The molecule has 2 unspecified atom stereocenters. The molecular weight excluding hydrogens is 210 g/mol. The van der Waals surface area contributed by atoms with Crippen LogP contribution in [0, 0.1) is 5.92 Å². The minimum atomic E-state index is -0.0387. The van der Waals surface area contributed by atoms with Crippen molar-refractivity contribution >= 4 is 0 Å². The molecule has 0 radical (unpaired) electrons. The van der Waals surface area contributed by atoms with Gasteiger partial charge < -0.3 is 10.0 Å². The SMILES string of the molecule is CCC1CCC(N(C)C2CCCC(O)C2)CC1. The van der Waals surface area contributed by atoms with E-state index in [9.17, 15) is 5.11 Å². The van der Waals surface area contributed by atoms with Crippen molar-refractivity contribution in [2.75, 3.05) is 7.05 Å². The summed E-state index contributed by atoms with van der Waals surface area (Å²) >= 11 is 0. The number of hydrogen-bond donors (Lipinski definition) is 1. The lowest BCUT2D eigenvalue weighted by Crippen LogP contribution is -2.45. The van der Waals surface area contributed by atoms with E-state index in [0.29, 0.717) is 6.04 Å². The summed E-state index contributed by atoms with van der Waals surface area (Å²) < 4.78 is 0. The fourth-order valence-corrected chi connectivity index (χ4v) is 3.77. The molecule has 2 atom stereocenters. The van der Waals surface area contributed by atoms with E-state index in [0.717, 1.165) is 24.8 Å². The van der Waals surface area contributed by atoms with Crippen molar-refractivity contribution in [3.8, 4) is 0 Å². The van der Waals surface area contributed by atoms with Gasteiger partial charge in [0, 0.05) is 12.1 Å². The summed E-state index contributed by atoms with van der Waals surface area (Å²) in [6, 6.07) is 1.43. The van der Waals surface area contributed by atoms with Crippen molar-refractivity contribution in [1.29, 1.82) is 0 Å². The van der Waals surface area contributed by atoms with Gasteiger partial charge in [-0.15, -0.1) is 0 Å². The van der Waals surface area contributed by atoms with Gasteiger partial charge in [-0.05, 0) is 64.3 Å². The van der Waals surface area contributed by atoms with Gasteiger partial charge >= 0.3 is 0 Å². The summed E-state index contributed by atoms with van der Waals surface area (Å²) in [5.41, 5.74) is 0. The maximum atomic E-state index is 9.78. The zero-order chi connectivity index (χ0) is 12.3. The Morgan fingerprint density at radius 1 is 1.00 bits per heavy atom. The third-order valence-electron chi connectivity index (χ3n) is 5.16. The molecule has 0 aromatic heterocycles. The molecule has 0 aromatic rings. The van der Waals surface area contributed by atoms with Crippen LogP contribution in [0.4, 0.5) is 0 Å². The molecule has 2 aliphatic carbocycles. The first kappa shape index (κ1) is 13.4. The third-order valence-corrected chi connectivity index (χ3v) is 5.16. The predicted octanol–water partition coefficient (Wildman–Crippen LogP) is 3.19. The zero-order valence-corrected chi connectivity index (χ0v) is 11.6. The van der Waals surface area contributed by atoms with Gasteiger partial charge in [0.05, 0.1) is 6.10 Å². The second-order valence-corrected chi connectivity index (χ2v) is 6.22. The molecule has 0 saturated heterocycles. The van der Waals surface area contributed by atoms with Crippen LogP contribution in [-0.4, -0.2) is 35.2 Å². The average Bonchev–Trinajstić information content (AvgIpc) is 2.38. The first-order chi connectivity index (χ1) is 8.20. The van der Waals surface area contributed by atoms with Gasteiger partial charge in [0.25, 0.3) is 0 Å². The van der Waals surface area contributed by atoms with Crippen LogP contribution in [0.25, 0.3) is 0 Å². The molecule has 2 heteroatoms. The molecule has 0 aromatic carbocycles. The smallest absolute Gasteiger partial charge is 0.0555 e. The lowest BCUT2D eigenvalue weighted by Gasteiger charge is -2.41. The largest absolute Gasteiger partial charge is 0.393 e. The topological polar surface area (TPSA) is 23.5 Å². The van der Waals surface area contributed by atoms with Gasteiger partial charge in [0.1, 0.15) is 0 Å². The molecule has 1 N–H and O–H groups in total. The highest BCUT2D eigenvalue weighted by atomic mass is 16.3. The summed E-state index contributed by atoms with van der Waals surface area (Å²) in [6.07, 6.45) is 11.4.